The monoisotopic (exact) mass is 198 g/mol. The molecule has 0 unspecified atom stereocenters. The summed E-state index contributed by atoms with van der Waals surface area (Å²) in [6.07, 6.45) is -1.70. The lowest BCUT2D eigenvalue weighted by Gasteiger charge is -1.95. The Balaban J connectivity index is 0.00000121. The fraction of sp³-hybridized carbons (Fsp3) is 0.167. The first kappa shape index (κ1) is 11.0. The van der Waals surface area contributed by atoms with Gasteiger partial charge in [-0.15, -0.1) is 0 Å². The van der Waals surface area contributed by atoms with Crippen LogP contribution in [0.4, 0.5) is 18.9 Å². The van der Waals surface area contributed by atoms with Crippen molar-refractivity contribution in [3.05, 3.63) is 23.8 Å². The summed E-state index contributed by atoms with van der Waals surface area (Å²) < 4.78 is 36.4. The number of nitrogens with two attached hydrogens (primary N) is 1. The van der Waals surface area contributed by atoms with E-state index in [9.17, 15) is 13.2 Å². The predicted octanol–water partition coefficient (Wildman–Crippen LogP) is -1.84. The van der Waals surface area contributed by atoms with Crippen LogP contribution in [0.5, 0.6) is 0 Å². The number of rotatable bonds is 1. The van der Waals surface area contributed by atoms with Gasteiger partial charge in [-0.05, 0) is 0 Å². The van der Waals surface area contributed by atoms with Crippen LogP contribution >= 0.6 is 0 Å². The van der Waals surface area contributed by atoms with Crippen molar-refractivity contribution in [3.63, 3.8) is 0 Å². The van der Waals surface area contributed by atoms with Crippen LogP contribution in [0.1, 0.15) is 12.1 Å². The van der Waals surface area contributed by atoms with Gasteiger partial charge in [0.2, 0.25) is 5.82 Å². The second kappa shape index (κ2) is 4.15. The average molecular weight is 199 g/mol. The lowest BCUT2D eigenvalue weighted by atomic mass is 10.3. The standard InChI is InChI=1S/C6H5F3N2.ClH/c7-4-3(10)1-2-11-5(4)6(8)9;/h1-2,6H,(H2,10,11);1H. The normalized spacial score (nSPS) is 9.67. The number of halogens is 4. The molecule has 0 aromatic carbocycles. The van der Waals surface area contributed by atoms with Gasteiger partial charge in [-0.1, -0.05) is 0 Å². The molecule has 1 aromatic heterocycles. The van der Waals surface area contributed by atoms with E-state index in [1.54, 1.807) is 0 Å². The summed E-state index contributed by atoms with van der Waals surface area (Å²) in [6.45, 7) is 0. The molecule has 2 nitrogen and oxygen atoms in total. The summed E-state index contributed by atoms with van der Waals surface area (Å²) in [4.78, 5) is 2.07. The van der Waals surface area contributed by atoms with E-state index in [0.29, 0.717) is 0 Å². The van der Waals surface area contributed by atoms with Crippen molar-refractivity contribution in [3.8, 4) is 0 Å². The van der Waals surface area contributed by atoms with Crippen LogP contribution in [0, 0.1) is 5.82 Å². The summed E-state index contributed by atoms with van der Waals surface area (Å²) >= 11 is 0. The molecular weight excluding hydrogens is 193 g/mol. The van der Waals surface area contributed by atoms with Crippen molar-refractivity contribution in [2.45, 2.75) is 6.43 Å². The molecule has 0 bridgehead atoms. The molecule has 0 amide bonds. The van der Waals surface area contributed by atoms with Gasteiger partial charge in [0.1, 0.15) is 0 Å². The molecule has 1 heterocycles. The Hall–Kier alpha value is -0.970. The Morgan fingerprint density at radius 2 is 2.00 bits per heavy atom. The fourth-order valence-electron chi connectivity index (χ4n) is 0.672. The van der Waals surface area contributed by atoms with Gasteiger partial charge in [0.25, 0.3) is 5.69 Å². The van der Waals surface area contributed by atoms with Crippen LogP contribution in [0.2, 0.25) is 0 Å². The van der Waals surface area contributed by atoms with Gasteiger partial charge in [-0.3, -0.25) is 0 Å². The number of H-pyrrole nitrogens is 1. The van der Waals surface area contributed by atoms with Crippen molar-refractivity contribution >= 4 is 5.69 Å². The molecule has 1 aromatic rings. The Morgan fingerprint density at radius 1 is 1.42 bits per heavy atom. The third-order valence-electron chi connectivity index (χ3n) is 1.21. The third-order valence-corrected chi connectivity index (χ3v) is 1.21. The first-order valence-electron chi connectivity index (χ1n) is 2.86. The van der Waals surface area contributed by atoms with E-state index in [1.165, 1.54) is 12.3 Å². The first-order valence-corrected chi connectivity index (χ1v) is 2.86. The smallest absolute Gasteiger partial charge is 0.324 e. The molecule has 3 N–H and O–H groups in total. The van der Waals surface area contributed by atoms with E-state index in [1.807, 2.05) is 0 Å². The molecule has 0 saturated carbocycles. The average Bonchev–Trinajstić information content (AvgIpc) is 1.94. The zero-order chi connectivity index (χ0) is 8.43. The molecule has 0 aliphatic heterocycles. The number of nitrogens with one attached hydrogen (secondary N) is 1. The molecule has 68 valence electrons. The first-order chi connectivity index (χ1) is 5.13. The van der Waals surface area contributed by atoms with Crippen molar-refractivity contribution in [2.24, 2.45) is 0 Å². The largest absolute Gasteiger partial charge is 1.00 e. The number of aromatic nitrogens is 1. The van der Waals surface area contributed by atoms with E-state index in [4.69, 9.17) is 5.73 Å². The lowest BCUT2D eigenvalue weighted by Crippen LogP contribution is -3.00. The van der Waals surface area contributed by atoms with E-state index in [-0.39, 0.29) is 18.1 Å². The SMILES string of the molecule is Nc1cc[nH+]c(C(F)F)c1F.[Cl-]. The molecule has 0 spiro atoms. The molecule has 1 rings (SSSR count). The molecule has 12 heavy (non-hydrogen) atoms. The van der Waals surface area contributed by atoms with E-state index >= 15 is 0 Å². The third kappa shape index (κ3) is 2.01. The molecule has 0 atom stereocenters. The number of anilines is 1. The highest BCUT2D eigenvalue weighted by Gasteiger charge is 2.22. The van der Waals surface area contributed by atoms with Crippen LogP contribution < -0.4 is 23.1 Å². The van der Waals surface area contributed by atoms with Crippen LogP contribution in [-0.4, -0.2) is 0 Å². The van der Waals surface area contributed by atoms with Crippen LogP contribution in [0.3, 0.4) is 0 Å². The summed E-state index contributed by atoms with van der Waals surface area (Å²) in [6, 6.07) is 1.18. The van der Waals surface area contributed by atoms with Crippen molar-refractivity contribution in [1.82, 2.24) is 0 Å². The van der Waals surface area contributed by atoms with Crippen molar-refractivity contribution < 1.29 is 30.6 Å². The topological polar surface area (TPSA) is 40.2 Å². The maximum atomic E-state index is 12.6. The number of alkyl halides is 2. The number of pyridine rings is 1. The maximum absolute atomic E-state index is 12.6. The lowest BCUT2D eigenvalue weighted by molar-refractivity contribution is -0.404. The molecule has 0 saturated heterocycles. The maximum Gasteiger partial charge on any atom is 0.324 e. The second-order valence-electron chi connectivity index (χ2n) is 1.96. The fourth-order valence-corrected chi connectivity index (χ4v) is 0.672. The zero-order valence-electron chi connectivity index (χ0n) is 5.82. The van der Waals surface area contributed by atoms with Crippen molar-refractivity contribution in [1.29, 1.82) is 0 Å². The number of hydrogen-bond acceptors (Lipinski definition) is 1. The van der Waals surface area contributed by atoms with Crippen LogP contribution in [0.25, 0.3) is 0 Å². The van der Waals surface area contributed by atoms with E-state index in [0.717, 1.165) is 0 Å². The van der Waals surface area contributed by atoms with E-state index < -0.39 is 17.9 Å². The summed E-state index contributed by atoms with van der Waals surface area (Å²) in [5.74, 6) is -1.08. The number of nitrogen functional groups attached to an aromatic ring is 1. The Bertz CT molecular complexity index is 267. The quantitative estimate of drug-likeness (QED) is 0.566. The molecule has 0 aliphatic carbocycles. The Morgan fingerprint density at radius 3 is 2.42 bits per heavy atom. The molecule has 0 fully saturated rings. The minimum atomic E-state index is -2.86. The highest BCUT2D eigenvalue weighted by Crippen LogP contribution is 2.19. The molecule has 0 radical (unpaired) electrons. The van der Waals surface area contributed by atoms with Gasteiger partial charge in [-0.25, -0.2) is 4.98 Å². The van der Waals surface area contributed by atoms with Gasteiger partial charge >= 0.3 is 6.43 Å². The summed E-state index contributed by atoms with van der Waals surface area (Å²) in [5.41, 5.74) is 3.98. The highest BCUT2D eigenvalue weighted by molar-refractivity contribution is 5.37. The van der Waals surface area contributed by atoms with Gasteiger partial charge in [-0.2, -0.15) is 13.2 Å². The van der Waals surface area contributed by atoms with Crippen molar-refractivity contribution in [2.75, 3.05) is 5.73 Å². The molecular formula is C6H6ClF3N2. The summed E-state index contributed by atoms with van der Waals surface area (Å²) in [5, 5.41) is 0. The molecule has 0 aliphatic rings. The van der Waals surface area contributed by atoms with Gasteiger partial charge < -0.3 is 18.1 Å². The highest BCUT2D eigenvalue weighted by atomic mass is 35.5. The zero-order valence-corrected chi connectivity index (χ0v) is 6.58. The number of aromatic amines is 1. The van der Waals surface area contributed by atoms with Crippen LogP contribution in [-0.2, 0) is 0 Å². The number of hydrogen-bond donors (Lipinski definition) is 1. The Kier molecular flexibility index (Phi) is 3.82. The minimum absolute atomic E-state index is 0. The molecule has 6 heteroatoms. The predicted molar refractivity (Wildman–Crippen MR) is 32.3 cm³/mol. The van der Waals surface area contributed by atoms with Crippen LogP contribution in [0.15, 0.2) is 12.3 Å². The van der Waals surface area contributed by atoms with Gasteiger partial charge in [0.05, 0.1) is 5.69 Å². The summed E-state index contributed by atoms with van der Waals surface area (Å²) in [7, 11) is 0. The second-order valence-corrected chi connectivity index (χ2v) is 1.96. The Labute approximate surface area is 73.0 Å². The minimum Gasteiger partial charge on any atom is -1.00 e. The van der Waals surface area contributed by atoms with Gasteiger partial charge in [0.15, 0.2) is 6.20 Å². The van der Waals surface area contributed by atoms with E-state index in [2.05, 4.69) is 4.98 Å². The van der Waals surface area contributed by atoms with Gasteiger partial charge in [0, 0.05) is 6.07 Å².